The molecule has 4 aromatic carbocycles. The van der Waals surface area contributed by atoms with Gasteiger partial charge in [0, 0.05) is 0 Å². The number of hydrogen-bond acceptors (Lipinski definition) is 4. The van der Waals surface area contributed by atoms with E-state index in [1.807, 2.05) is 0 Å². The van der Waals surface area contributed by atoms with Gasteiger partial charge in [-0.2, -0.15) is 0 Å². The van der Waals surface area contributed by atoms with Crippen LogP contribution in [0.25, 0.3) is 6.08 Å². The van der Waals surface area contributed by atoms with E-state index in [0.717, 1.165) is 19.9 Å². The van der Waals surface area contributed by atoms with Gasteiger partial charge in [-0.15, -0.1) is 0 Å². The second kappa shape index (κ2) is 10.0. The number of likely N-dealkylation sites (N-methyl/N-ethyl adjacent to an activating group) is 2. The Morgan fingerprint density at radius 2 is 1.17 bits per heavy atom. The number of imide groups is 2. The van der Waals surface area contributed by atoms with Gasteiger partial charge in [0.05, 0.1) is 0 Å². The molecule has 0 unspecified atom stereocenters. The molecule has 0 spiro atoms. The van der Waals surface area contributed by atoms with Crippen LogP contribution in [-0.2, 0) is 20.4 Å². The average Bonchev–Trinajstić information content (AvgIpc) is 3.52. The molecule has 8 rings (SSSR count). The number of rotatable bonds is 3. The number of barbiturate groups is 1. The van der Waals surface area contributed by atoms with Gasteiger partial charge in [0.15, 0.2) is 0 Å². The van der Waals surface area contributed by atoms with Crippen LogP contribution >= 0.6 is 0 Å². The third-order valence-electron chi connectivity index (χ3n) is 9.84. The molecular weight excluding hydrogens is 637 g/mol. The second-order valence-electron chi connectivity index (χ2n) is 12.6. The molecule has 0 atom stereocenters. The van der Waals surface area contributed by atoms with Crippen LogP contribution in [0.3, 0.4) is 0 Å². The average molecular weight is 669 g/mol. The van der Waals surface area contributed by atoms with Gasteiger partial charge in [-0.1, -0.05) is 0 Å². The molecule has 1 fully saturated rings. The van der Waals surface area contributed by atoms with Gasteiger partial charge >= 0.3 is 275 Å². The summed E-state index contributed by atoms with van der Waals surface area (Å²) in [5, 5.41) is 0. The van der Waals surface area contributed by atoms with E-state index in [4.69, 9.17) is 0 Å². The van der Waals surface area contributed by atoms with Crippen LogP contribution < -0.4 is 4.90 Å². The number of hydrogen-bond donors (Lipinski definition) is 0. The molecule has 46 heavy (non-hydrogen) atoms. The van der Waals surface area contributed by atoms with Gasteiger partial charge in [0.1, 0.15) is 0 Å². The van der Waals surface area contributed by atoms with E-state index in [1.165, 1.54) is 57.7 Å². The summed E-state index contributed by atoms with van der Waals surface area (Å²) in [6.07, 6.45) is 1.71. The van der Waals surface area contributed by atoms with Gasteiger partial charge in [0.2, 0.25) is 0 Å². The zero-order valence-corrected chi connectivity index (χ0v) is 27.7. The third-order valence-corrected chi connectivity index (χ3v) is 12.1. The van der Waals surface area contributed by atoms with Crippen LogP contribution in [0.15, 0.2) is 115 Å². The summed E-state index contributed by atoms with van der Waals surface area (Å²) in [4.78, 5) is 43.1. The van der Waals surface area contributed by atoms with E-state index in [0.29, 0.717) is 0 Å². The van der Waals surface area contributed by atoms with Gasteiger partial charge in [-0.25, -0.2) is 0 Å². The normalized spacial score (nSPS) is 17.4. The zero-order valence-electron chi connectivity index (χ0n) is 25.9. The zero-order chi connectivity index (χ0) is 32.0. The fourth-order valence-electron chi connectivity index (χ4n) is 7.57. The molecule has 226 valence electrons. The second-order valence-corrected chi connectivity index (χ2v) is 14.8. The first-order valence-electron chi connectivity index (χ1n) is 15.3. The van der Waals surface area contributed by atoms with Crippen molar-refractivity contribution in [3.8, 4) is 0 Å². The van der Waals surface area contributed by atoms with Crippen molar-refractivity contribution in [2.75, 3.05) is 19.0 Å². The first kappa shape index (κ1) is 28.5. The molecule has 0 saturated carbocycles. The predicted molar refractivity (Wildman–Crippen MR) is 181 cm³/mol. The van der Waals surface area contributed by atoms with Gasteiger partial charge in [0.25, 0.3) is 0 Å². The number of anilines is 3. The van der Waals surface area contributed by atoms with Crippen LogP contribution in [0.2, 0.25) is 0 Å². The summed E-state index contributed by atoms with van der Waals surface area (Å²) in [7, 11) is 2.83. The minimum atomic E-state index is -0.621. The number of urea groups is 1. The number of carbonyl (C=O) groups is 3. The van der Waals surface area contributed by atoms with E-state index in [-0.39, 0.29) is 25.5 Å². The molecule has 4 amide bonds. The van der Waals surface area contributed by atoms with Gasteiger partial charge in [-0.05, 0) is 0 Å². The SMILES string of the molecule is CN1C(=O)C(=Cc2cc3c([se]2)N2c4ccccc4C(c4ccccc4)(c4ccccc4)c4cccc(c42)C3(C)C)C(=O)N(C)C1=O. The summed E-state index contributed by atoms with van der Waals surface area (Å²) >= 11 is -0.226. The van der Waals surface area contributed by atoms with Crippen molar-refractivity contribution >= 4 is 54.4 Å². The number of benzene rings is 4. The predicted octanol–water partition coefficient (Wildman–Crippen LogP) is 6.98. The number of para-hydroxylation sites is 2. The molecule has 0 bridgehead atoms. The molecule has 5 aromatic rings. The molecule has 0 N–H and O–H groups in total. The van der Waals surface area contributed by atoms with Crippen LogP contribution in [0, 0.1) is 0 Å². The van der Waals surface area contributed by atoms with Crippen molar-refractivity contribution in [1.82, 2.24) is 9.80 Å². The summed E-state index contributed by atoms with van der Waals surface area (Å²) in [5.74, 6) is -1.14. The quantitative estimate of drug-likeness (QED) is 0.116. The molecule has 3 aliphatic rings. The van der Waals surface area contributed by atoms with Gasteiger partial charge in [-0.3, -0.25) is 0 Å². The van der Waals surface area contributed by atoms with Crippen LogP contribution in [0.4, 0.5) is 20.7 Å². The summed E-state index contributed by atoms with van der Waals surface area (Å²) in [6.45, 7) is 4.53. The molecule has 0 radical (unpaired) electrons. The minimum absolute atomic E-state index is 0.0137. The molecule has 4 heterocycles. The molecule has 7 heteroatoms. The molecule has 6 nitrogen and oxygen atoms in total. The molecule has 1 saturated heterocycles. The Labute approximate surface area is 273 Å². The monoisotopic (exact) mass is 669 g/mol. The Morgan fingerprint density at radius 3 is 1.80 bits per heavy atom. The summed E-state index contributed by atoms with van der Waals surface area (Å²) in [5.41, 5.74) is 8.66. The Morgan fingerprint density at radius 1 is 0.630 bits per heavy atom. The number of amides is 4. The first-order chi connectivity index (χ1) is 22.2. The van der Waals surface area contributed by atoms with Crippen LogP contribution in [-0.4, -0.2) is 56.2 Å². The third kappa shape index (κ3) is 3.67. The van der Waals surface area contributed by atoms with Crippen molar-refractivity contribution in [3.63, 3.8) is 0 Å². The Bertz CT molecular complexity index is 2060. The van der Waals surface area contributed by atoms with Crippen molar-refractivity contribution in [2.45, 2.75) is 24.7 Å². The van der Waals surface area contributed by atoms with E-state index in [1.54, 1.807) is 6.08 Å². The Balaban J connectivity index is 1.42. The maximum atomic E-state index is 13.1. The molecular formula is C39H31N3O3Se. The molecule has 1 aromatic heterocycles. The Hall–Kier alpha value is -4.97. The number of nitrogens with zero attached hydrogens (tertiary/aromatic N) is 3. The summed E-state index contributed by atoms with van der Waals surface area (Å²) < 4.78 is 2.12. The standard InChI is InChI=1S/C39H31N3O3Se/c1-38(2)29-19-13-20-30-33(29)42(36-31(38)23-26(46-36)22-27-34(43)40(3)37(45)41(4)35(27)44)32-21-12-11-18-28(32)39(30,24-14-7-5-8-15-24)25-16-9-6-10-17-25/h5-23H,1-4H3. The van der Waals surface area contributed by atoms with Crippen molar-refractivity contribution in [3.05, 3.63) is 153 Å². The maximum absolute atomic E-state index is 13.1. The topological polar surface area (TPSA) is 60.9 Å². The number of fused-ring (bicyclic) bond motifs is 4. The number of carbonyl (C=O) groups excluding carboxylic acids is 3. The van der Waals surface area contributed by atoms with E-state index in [2.05, 4.69) is 128 Å². The fraction of sp³-hybridized carbons (Fsp3) is 0.154. The van der Waals surface area contributed by atoms with E-state index >= 15 is 0 Å². The van der Waals surface area contributed by atoms with Gasteiger partial charge < -0.3 is 0 Å². The molecule has 3 aliphatic heterocycles. The van der Waals surface area contributed by atoms with Crippen LogP contribution in [0.5, 0.6) is 0 Å². The molecule has 0 aliphatic carbocycles. The van der Waals surface area contributed by atoms with E-state index < -0.39 is 23.3 Å². The van der Waals surface area contributed by atoms with E-state index in [9.17, 15) is 14.4 Å². The fourth-order valence-corrected chi connectivity index (χ4v) is 10.3. The van der Waals surface area contributed by atoms with Crippen molar-refractivity contribution < 1.29 is 14.4 Å². The first-order valence-corrected chi connectivity index (χ1v) is 17.0. The van der Waals surface area contributed by atoms with Crippen molar-refractivity contribution in [1.29, 1.82) is 0 Å². The Kier molecular flexibility index (Phi) is 6.20. The van der Waals surface area contributed by atoms with Crippen molar-refractivity contribution in [2.24, 2.45) is 0 Å². The van der Waals surface area contributed by atoms with Crippen LogP contribution in [0.1, 0.15) is 51.7 Å². The summed E-state index contributed by atoms with van der Waals surface area (Å²) in [6, 6.07) is 38.5.